The van der Waals surface area contributed by atoms with Crippen molar-refractivity contribution in [2.75, 3.05) is 6.54 Å². The van der Waals surface area contributed by atoms with Gasteiger partial charge in [-0.2, -0.15) is 0 Å². The first-order valence-electron chi connectivity index (χ1n) is 11.7. The fourth-order valence-electron chi connectivity index (χ4n) is 4.39. The highest BCUT2D eigenvalue weighted by molar-refractivity contribution is 9.10. The molecule has 1 aliphatic carbocycles. The number of unbranched alkanes of at least 4 members (excludes halogenated alkanes) is 1. The van der Waals surface area contributed by atoms with Crippen LogP contribution in [0.2, 0.25) is 0 Å². The number of ether oxygens (including phenoxy) is 1. The van der Waals surface area contributed by atoms with Crippen LogP contribution in [-0.4, -0.2) is 29.2 Å². The van der Waals surface area contributed by atoms with Crippen LogP contribution in [0.25, 0.3) is 5.57 Å². The fourth-order valence-corrected chi connectivity index (χ4v) is 4.63. The number of halogens is 1. The highest BCUT2D eigenvalue weighted by Gasteiger charge is 2.37. The smallest absolute Gasteiger partial charge is 0.310 e. The first-order chi connectivity index (χ1) is 16.2. The van der Waals surface area contributed by atoms with Crippen LogP contribution >= 0.6 is 15.9 Å². The minimum atomic E-state index is -0.359. The lowest BCUT2D eigenvalue weighted by atomic mass is 9.90. The van der Waals surface area contributed by atoms with E-state index in [2.05, 4.69) is 26.2 Å². The van der Waals surface area contributed by atoms with E-state index in [4.69, 9.17) is 4.74 Å². The zero-order chi connectivity index (χ0) is 24.8. The van der Waals surface area contributed by atoms with Crippen molar-refractivity contribution in [1.82, 2.24) is 10.3 Å². The lowest BCUT2D eigenvalue weighted by Crippen LogP contribution is -2.27. The third kappa shape index (κ3) is 6.20. The molecule has 7 heteroatoms. The van der Waals surface area contributed by atoms with Gasteiger partial charge in [-0.1, -0.05) is 31.0 Å². The molecule has 0 bridgehead atoms. The van der Waals surface area contributed by atoms with Gasteiger partial charge in [-0.05, 0) is 78.4 Å². The van der Waals surface area contributed by atoms with E-state index in [0.717, 1.165) is 39.6 Å². The molecule has 3 rings (SSSR count). The Kier molecular flexibility index (Phi) is 8.78. The molecule has 0 saturated heterocycles. The number of carbonyl (C=O) groups excluding carboxylic acids is 3. The predicted octanol–water partition coefficient (Wildman–Crippen LogP) is 5.62. The van der Waals surface area contributed by atoms with Gasteiger partial charge in [-0.15, -0.1) is 0 Å². The van der Waals surface area contributed by atoms with Gasteiger partial charge in [0.2, 0.25) is 0 Å². The second-order valence-corrected chi connectivity index (χ2v) is 9.74. The molecule has 1 atom stereocenters. The number of nitrogens with one attached hydrogen (secondary N) is 1. The van der Waals surface area contributed by atoms with E-state index in [0.29, 0.717) is 42.8 Å². The number of esters is 1. The maximum absolute atomic E-state index is 13.5. The summed E-state index contributed by atoms with van der Waals surface area (Å²) >= 11 is 3.30. The predicted molar refractivity (Wildman–Crippen MR) is 135 cm³/mol. The minimum absolute atomic E-state index is 0.0376. The Labute approximate surface area is 209 Å². The van der Waals surface area contributed by atoms with Crippen LogP contribution in [0.4, 0.5) is 0 Å². The van der Waals surface area contributed by atoms with Crippen molar-refractivity contribution in [3.05, 3.63) is 68.6 Å². The number of hydrogen-bond acceptors (Lipinski definition) is 5. The van der Waals surface area contributed by atoms with Crippen molar-refractivity contribution >= 4 is 39.2 Å². The number of aryl methyl sites for hydroxylation is 3. The minimum Gasteiger partial charge on any atom is -0.430 e. The highest BCUT2D eigenvalue weighted by Crippen LogP contribution is 2.40. The van der Waals surface area contributed by atoms with E-state index in [1.807, 2.05) is 39.8 Å². The Hall–Kier alpha value is -2.80. The molecule has 0 fully saturated rings. The molecule has 1 aromatic carbocycles. The third-order valence-electron chi connectivity index (χ3n) is 5.96. The van der Waals surface area contributed by atoms with Gasteiger partial charge < -0.3 is 10.1 Å². The summed E-state index contributed by atoms with van der Waals surface area (Å²) in [6, 6.07) is 7.47. The molecule has 1 aromatic heterocycles. The second kappa shape index (κ2) is 11.6. The number of aromatic nitrogens is 1. The van der Waals surface area contributed by atoms with Crippen LogP contribution in [0.5, 0.6) is 0 Å². The maximum atomic E-state index is 13.5. The number of carbonyl (C=O) groups is 3. The average molecular weight is 527 g/mol. The normalized spacial score (nSPS) is 15.6. The molecular formula is C27H31BrN2O4. The van der Waals surface area contributed by atoms with Crippen molar-refractivity contribution in [3.63, 3.8) is 0 Å². The molecule has 180 valence electrons. The zero-order valence-electron chi connectivity index (χ0n) is 20.2. The average Bonchev–Trinajstić information content (AvgIpc) is 3.07. The third-order valence-corrected chi connectivity index (χ3v) is 6.43. The van der Waals surface area contributed by atoms with Gasteiger partial charge in [0.1, 0.15) is 11.5 Å². The summed E-state index contributed by atoms with van der Waals surface area (Å²) in [5.41, 5.74) is 4.75. The molecule has 1 amide bonds. The van der Waals surface area contributed by atoms with E-state index in [-0.39, 0.29) is 23.6 Å². The molecule has 0 saturated carbocycles. The second-order valence-electron chi connectivity index (χ2n) is 8.82. The van der Waals surface area contributed by atoms with E-state index in [1.54, 1.807) is 18.3 Å². The van der Waals surface area contributed by atoms with Crippen molar-refractivity contribution in [3.8, 4) is 0 Å². The van der Waals surface area contributed by atoms with Gasteiger partial charge in [0, 0.05) is 36.0 Å². The number of pyridine rings is 1. The van der Waals surface area contributed by atoms with Gasteiger partial charge in [0.05, 0.1) is 5.57 Å². The number of ketones is 1. The monoisotopic (exact) mass is 526 g/mol. The maximum Gasteiger partial charge on any atom is 0.310 e. The summed E-state index contributed by atoms with van der Waals surface area (Å²) < 4.78 is 6.54. The lowest BCUT2D eigenvalue weighted by Gasteiger charge is -2.14. The summed E-state index contributed by atoms with van der Waals surface area (Å²) in [5, 5.41) is 2.84. The van der Waals surface area contributed by atoms with Crippen molar-refractivity contribution in [2.24, 2.45) is 5.92 Å². The van der Waals surface area contributed by atoms with Gasteiger partial charge in [0.15, 0.2) is 5.78 Å². The fraction of sp³-hybridized carbons (Fsp3) is 0.407. The quantitative estimate of drug-likeness (QED) is 0.428. The van der Waals surface area contributed by atoms with Crippen molar-refractivity contribution < 1.29 is 19.1 Å². The summed E-state index contributed by atoms with van der Waals surface area (Å²) in [4.78, 5) is 42.4. The standard InChI is InChI=1S/C27H31BrN2O4/c1-5-6-7-23(31)34-22-14-19(10-11-29-27(33)21-9-8-20(28)15-30-21)26(32)25(22)24-17(3)12-16(2)13-18(24)4/h8-9,12-13,15,19H,5-7,10-11,14H2,1-4H3,(H,29,33). The Bertz CT molecular complexity index is 1100. The Balaban J connectivity index is 1.77. The summed E-state index contributed by atoms with van der Waals surface area (Å²) in [6.07, 6.45) is 4.34. The van der Waals surface area contributed by atoms with Gasteiger partial charge in [0.25, 0.3) is 5.91 Å². The first kappa shape index (κ1) is 25.8. The number of allylic oxidation sites excluding steroid dienone is 2. The van der Waals surface area contributed by atoms with E-state index in [1.165, 1.54) is 0 Å². The summed E-state index contributed by atoms with van der Waals surface area (Å²) in [7, 11) is 0. The van der Waals surface area contributed by atoms with Crippen molar-refractivity contribution in [1.29, 1.82) is 0 Å². The Morgan fingerprint density at radius 1 is 1.18 bits per heavy atom. The molecule has 0 spiro atoms. The van der Waals surface area contributed by atoms with E-state index < -0.39 is 0 Å². The first-order valence-corrected chi connectivity index (χ1v) is 12.5. The number of hydrogen-bond donors (Lipinski definition) is 1. The number of Topliss-reactive ketones (excluding diaryl/α,β-unsaturated/α-hetero) is 1. The topological polar surface area (TPSA) is 85.4 Å². The highest BCUT2D eigenvalue weighted by atomic mass is 79.9. The van der Waals surface area contributed by atoms with Gasteiger partial charge >= 0.3 is 5.97 Å². The SMILES string of the molecule is CCCCC(=O)OC1=C(c2c(C)cc(C)cc2C)C(=O)C(CCNC(=O)c2ccc(Br)cn2)C1. The summed E-state index contributed by atoms with van der Waals surface area (Å²) in [5.74, 6) is -0.541. The molecule has 34 heavy (non-hydrogen) atoms. The van der Waals surface area contributed by atoms with Crippen LogP contribution in [0.1, 0.15) is 71.8 Å². The van der Waals surface area contributed by atoms with Crippen LogP contribution in [0.3, 0.4) is 0 Å². The number of nitrogens with zero attached hydrogens (tertiary/aromatic N) is 1. The van der Waals surface area contributed by atoms with E-state index in [9.17, 15) is 14.4 Å². The zero-order valence-corrected chi connectivity index (χ0v) is 21.8. The number of amides is 1. The molecule has 6 nitrogen and oxygen atoms in total. The van der Waals surface area contributed by atoms with Gasteiger partial charge in [-0.3, -0.25) is 14.4 Å². The number of benzene rings is 1. The Morgan fingerprint density at radius 2 is 1.88 bits per heavy atom. The molecule has 0 aliphatic heterocycles. The van der Waals surface area contributed by atoms with Crippen molar-refractivity contribution in [2.45, 2.75) is 59.8 Å². The van der Waals surface area contributed by atoms with Crippen LogP contribution in [0, 0.1) is 26.7 Å². The number of rotatable bonds is 9. The van der Waals surface area contributed by atoms with Crippen LogP contribution in [-0.2, 0) is 14.3 Å². The molecular weight excluding hydrogens is 496 g/mol. The molecule has 1 heterocycles. The molecule has 0 radical (unpaired) electrons. The van der Waals surface area contributed by atoms with Gasteiger partial charge in [-0.25, -0.2) is 4.98 Å². The lowest BCUT2D eigenvalue weighted by molar-refractivity contribution is -0.139. The van der Waals surface area contributed by atoms with Crippen LogP contribution < -0.4 is 5.32 Å². The largest absolute Gasteiger partial charge is 0.430 e. The Morgan fingerprint density at radius 3 is 2.50 bits per heavy atom. The molecule has 1 N–H and O–H groups in total. The molecule has 1 aliphatic rings. The molecule has 1 unspecified atom stereocenters. The molecule has 2 aromatic rings. The van der Waals surface area contributed by atoms with E-state index >= 15 is 0 Å². The van der Waals surface area contributed by atoms with Crippen LogP contribution in [0.15, 0.2) is 40.7 Å². The summed E-state index contributed by atoms with van der Waals surface area (Å²) in [6.45, 7) is 8.31.